The number of benzene rings is 2. The fraction of sp³-hybridized carbons (Fsp3) is 0.543. The van der Waals surface area contributed by atoms with E-state index in [1.807, 2.05) is 69.3 Å². The van der Waals surface area contributed by atoms with E-state index in [4.69, 9.17) is 9.47 Å². The summed E-state index contributed by atoms with van der Waals surface area (Å²) in [6.07, 6.45) is 3.15. The summed E-state index contributed by atoms with van der Waals surface area (Å²) >= 11 is 0. The number of rotatable bonds is 13. The lowest BCUT2D eigenvalue weighted by atomic mass is 9.81. The van der Waals surface area contributed by atoms with Crippen LogP contribution in [0.4, 0.5) is 4.79 Å². The zero-order valence-electron chi connectivity index (χ0n) is 26.9. The lowest BCUT2D eigenvalue weighted by molar-refractivity contribution is -0.164. The van der Waals surface area contributed by atoms with Crippen LogP contribution < -0.4 is 10.6 Å². The minimum Gasteiger partial charge on any atom is -0.460 e. The lowest BCUT2D eigenvalue weighted by Crippen LogP contribution is -2.73. The Kier molecular flexibility index (Phi) is 12.0. The number of unbranched alkanes of at least 4 members (excludes halogenated alkanes) is 1. The molecule has 2 saturated heterocycles. The Morgan fingerprint density at radius 1 is 0.933 bits per heavy atom. The van der Waals surface area contributed by atoms with E-state index < -0.39 is 29.2 Å². The van der Waals surface area contributed by atoms with Crippen LogP contribution in [0.25, 0.3) is 0 Å². The molecule has 2 N–H and O–H groups in total. The van der Waals surface area contributed by atoms with E-state index in [-0.39, 0.29) is 31.4 Å². The number of esters is 1. The molecule has 3 amide bonds. The lowest BCUT2D eigenvalue weighted by Gasteiger charge is -2.51. The second-order valence-corrected chi connectivity index (χ2v) is 12.9. The number of carbonyl (C=O) groups is 4. The number of piperidine rings is 1. The summed E-state index contributed by atoms with van der Waals surface area (Å²) in [4.78, 5) is 56.3. The van der Waals surface area contributed by atoms with Gasteiger partial charge in [0.2, 0.25) is 11.8 Å². The molecule has 2 aromatic carbocycles. The molecule has 1 atom stereocenters. The second-order valence-electron chi connectivity index (χ2n) is 12.9. The quantitative estimate of drug-likeness (QED) is 0.254. The average molecular weight is 621 g/mol. The van der Waals surface area contributed by atoms with Crippen LogP contribution in [-0.2, 0) is 36.9 Å². The maximum Gasteiger partial charge on any atom is 0.407 e. The zero-order chi connectivity index (χ0) is 32.3. The van der Waals surface area contributed by atoms with Gasteiger partial charge in [-0.1, -0.05) is 60.7 Å². The summed E-state index contributed by atoms with van der Waals surface area (Å²) in [5.74, 6) is -0.703. The average Bonchev–Trinajstić information content (AvgIpc) is 3.02. The number of carbonyl (C=O) groups excluding carboxylic acids is 4. The highest BCUT2D eigenvalue weighted by Gasteiger charge is 2.53. The highest BCUT2D eigenvalue weighted by molar-refractivity contribution is 6.00. The fourth-order valence-corrected chi connectivity index (χ4v) is 6.00. The number of piperazine rings is 1. The molecule has 0 saturated carbocycles. The molecule has 1 spiro atoms. The molecule has 2 aliphatic rings. The molecule has 0 radical (unpaired) electrons. The normalized spacial score (nSPS) is 18.4. The van der Waals surface area contributed by atoms with Gasteiger partial charge in [-0.25, -0.2) is 4.79 Å². The second kappa shape index (κ2) is 15.9. The first kappa shape index (κ1) is 34.0. The van der Waals surface area contributed by atoms with Gasteiger partial charge in [0.05, 0.1) is 6.42 Å². The summed E-state index contributed by atoms with van der Waals surface area (Å²) in [6.45, 7) is 8.41. The van der Waals surface area contributed by atoms with Crippen LogP contribution in [0.15, 0.2) is 60.7 Å². The predicted octanol–water partition coefficient (Wildman–Crippen LogP) is 4.22. The zero-order valence-corrected chi connectivity index (χ0v) is 26.9. The molecule has 244 valence electrons. The minimum absolute atomic E-state index is 0.0253. The van der Waals surface area contributed by atoms with Crippen molar-refractivity contribution in [3.8, 4) is 0 Å². The summed E-state index contributed by atoms with van der Waals surface area (Å²) in [5, 5.41) is 5.76. The number of hydrogen-bond donors (Lipinski definition) is 2. The van der Waals surface area contributed by atoms with Gasteiger partial charge in [0, 0.05) is 32.7 Å². The van der Waals surface area contributed by atoms with Crippen molar-refractivity contribution in [2.24, 2.45) is 0 Å². The first-order valence-electron chi connectivity index (χ1n) is 16.1. The van der Waals surface area contributed by atoms with E-state index in [1.165, 1.54) is 5.56 Å². The van der Waals surface area contributed by atoms with Crippen molar-refractivity contribution in [1.29, 1.82) is 0 Å². The van der Waals surface area contributed by atoms with E-state index in [0.717, 1.165) is 18.5 Å². The number of hydrogen-bond acceptors (Lipinski definition) is 7. The van der Waals surface area contributed by atoms with Crippen molar-refractivity contribution in [2.75, 3.05) is 32.7 Å². The Bertz CT molecular complexity index is 1270. The van der Waals surface area contributed by atoms with E-state index in [1.54, 1.807) is 4.90 Å². The number of nitrogens with one attached hydrogen (secondary N) is 2. The van der Waals surface area contributed by atoms with Crippen molar-refractivity contribution in [3.63, 3.8) is 0 Å². The molecule has 45 heavy (non-hydrogen) atoms. The van der Waals surface area contributed by atoms with Gasteiger partial charge in [-0.2, -0.15) is 0 Å². The van der Waals surface area contributed by atoms with Gasteiger partial charge in [-0.05, 0) is 70.4 Å². The van der Waals surface area contributed by atoms with Crippen molar-refractivity contribution in [3.05, 3.63) is 71.8 Å². The maximum absolute atomic E-state index is 13.9. The molecule has 4 rings (SSSR count). The Labute approximate surface area is 266 Å². The highest BCUT2D eigenvalue weighted by atomic mass is 16.6. The third-order valence-electron chi connectivity index (χ3n) is 8.41. The van der Waals surface area contributed by atoms with Crippen molar-refractivity contribution < 1.29 is 28.7 Å². The van der Waals surface area contributed by atoms with Crippen molar-refractivity contribution >= 4 is 23.9 Å². The first-order chi connectivity index (χ1) is 21.6. The van der Waals surface area contributed by atoms with E-state index in [9.17, 15) is 19.2 Å². The van der Waals surface area contributed by atoms with Crippen LogP contribution in [0.1, 0.15) is 70.4 Å². The monoisotopic (exact) mass is 620 g/mol. The fourth-order valence-electron chi connectivity index (χ4n) is 6.00. The molecule has 2 aliphatic heterocycles. The van der Waals surface area contributed by atoms with Crippen LogP contribution in [0.3, 0.4) is 0 Å². The number of alkyl carbamates (subject to hydrolysis) is 1. The summed E-state index contributed by atoms with van der Waals surface area (Å²) in [7, 11) is 0. The Hall–Kier alpha value is -3.92. The van der Waals surface area contributed by atoms with E-state index >= 15 is 0 Å². The molecular weight excluding hydrogens is 572 g/mol. The standard InChI is InChI=1S/C35H48N4O6/c1-34(2,3)45-30(40)18-23-39-31(41)29(16-10-11-21-36-33(43)44-26-28-14-8-5-9-15-28)37-32(42)35(39)19-24-38(25-20-35)22-17-27-12-6-4-7-13-27/h4-9,12-15,29H,10-11,16-26H2,1-3H3,(H,36,43)(H,37,42). The van der Waals surface area contributed by atoms with Crippen molar-refractivity contribution in [1.82, 2.24) is 20.4 Å². The Morgan fingerprint density at radius 2 is 1.58 bits per heavy atom. The largest absolute Gasteiger partial charge is 0.460 e. The minimum atomic E-state index is -0.983. The number of ether oxygens (including phenoxy) is 2. The van der Waals surface area contributed by atoms with Gasteiger partial charge >= 0.3 is 12.1 Å². The SMILES string of the molecule is CC(C)(C)OC(=O)CCN1C(=O)C(CCCCNC(=O)OCc2ccccc2)NC(=O)C12CCN(CCc1ccccc1)CC2. The van der Waals surface area contributed by atoms with Crippen LogP contribution >= 0.6 is 0 Å². The van der Waals surface area contributed by atoms with Gasteiger partial charge in [-0.3, -0.25) is 14.4 Å². The summed E-state index contributed by atoms with van der Waals surface area (Å²) < 4.78 is 10.8. The number of likely N-dealkylation sites (tertiary alicyclic amines) is 1. The van der Waals surface area contributed by atoms with E-state index in [2.05, 4.69) is 27.7 Å². The summed E-state index contributed by atoms with van der Waals surface area (Å²) in [5.41, 5.74) is 0.561. The molecule has 2 heterocycles. The van der Waals surface area contributed by atoms with Crippen LogP contribution in [0.2, 0.25) is 0 Å². The predicted molar refractivity (Wildman–Crippen MR) is 171 cm³/mol. The first-order valence-corrected chi connectivity index (χ1v) is 16.1. The Morgan fingerprint density at radius 3 is 2.22 bits per heavy atom. The van der Waals surface area contributed by atoms with Gasteiger partial charge < -0.3 is 29.9 Å². The molecule has 0 aliphatic carbocycles. The van der Waals surface area contributed by atoms with Gasteiger partial charge in [-0.15, -0.1) is 0 Å². The van der Waals surface area contributed by atoms with Crippen LogP contribution in [0.5, 0.6) is 0 Å². The molecule has 0 bridgehead atoms. The molecular formula is C35H48N4O6. The van der Waals surface area contributed by atoms with Gasteiger partial charge in [0.15, 0.2) is 0 Å². The van der Waals surface area contributed by atoms with Crippen LogP contribution in [0, 0.1) is 0 Å². The number of amides is 3. The maximum atomic E-state index is 13.9. The Balaban J connectivity index is 1.30. The molecule has 1 unspecified atom stereocenters. The van der Waals surface area contributed by atoms with E-state index in [0.29, 0.717) is 51.7 Å². The van der Waals surface area contributed by atoms with Crippen molar-refractivity contribution in [2.45, 2.75) is 89.5 Å². The topological polar surface area (TPSA) is 117 Å². The third-order valence-corrected chi connectivity index (χ3v) is 8.41. The summed E-state index contributed by atoms with van der Waals surface area (Å²) in [6, 6.07) is 19.1. The van der Waals surface area contributed by atoms with Gasteiger partial charge in [0.1, 0.15) is 23.8 Å². The highest BCUT2D eigenvalue weighted by Crippen LogP contribution is 2.34. The smallest absolute Gasteiger partial charge is 0.407 e. The molecule has 10 nitrogen and oxygen atoms in total. The van der Waals surface area contributed by atoms with Crippen LogP contribution in [-0.4, -0.2) is 83.6 Å². The third kappa shape index (κ3) is 10.0. The molecule has 10 heteroatoms. The molecule has 0 aromatic heterocycles. The molecule has 2 aromatic rings. The van der Waals surface area contributed by atoms with Gasteiger partial charge in [0.25, 0.3) is 0 Å². The number of nitrogens with zero attached hydrogens (tertiary/aromatic N) is 2. The molecule has 2 fully saturated rings.